The Balaban J connectivity index is 1.76. The molecule has 0 saturated heterocycles. The van der Waals surface area contributed by atoms with Crippen molar-refractivity contribution in [1.82, 2.24) is 5.32 Å². The van der Waals surface area contributed by atoms with Crippen molar-refractivity contribution in [2.24, 2.45) is 0 Å². The molecule has 0 radical (unpaired) electrons. The van der Waals surface area contributed by atoms with Crippen molar-refractivity contribution in [2.75, 3.05) is 6.54 Å². The van der Waals surface area contributed by atoms with Gasteiger partial charge in [-0.3, -0.25) is 0 Å². The molecule has 0 aromatic heterocycles. The number of nitrogens with one attached hydrogen (secondary N) is 1. The molecule has 1 nitrogen and oxygen atoms in total. The molecule has 0 spiro atoms. The van der Waals surface area contributed by atoms with Crippen LogP contribution in [0.15, 0.2) is 42.5 Å². The lowest BCUT2D eigenvalue weighted by Gasteiger charge is -2.14. The Bertz CT molecular complexity index is 696. The van der Waals surface area contributed by atoms with Crippen molar-refractivity contribution in [3.8, 4) is 0 Å². The van der Waals surface area contributed by atoms with Crippen LogP contribution in [0.2, 0.25) is 0 Å². The minimum atomic E-state index is -4.33. The summed E-state index contributed by atoms with van der Waals surface area (Å²) in [6, 6.07) is 9.19. The van der Waals surface area contributed by atoms with Crippen LogP contribution in [0.3, 0.4) is 0 Å². The molecule has 1 unspecified atom stereocenters. The highest BCUT2D eigenvalue weighted by molar-refractivity contribution is 5.25. The summed E-state index contributed by atoms with van der Waals surface area (Å²) in [7, 11) is 0. The lowest BCUT2D eigenvalue weighted by Crippen LogP contribution is -2.29. The van der Waals surface area contributed by atoms with E-state index < -0.39 is 23.4 Å². The van der Waals surface area contributed by atoms with Crippen LogP contribution in [0.1, 0.15) is 30.0 Å². The molecule has 1 N–H and O–H groups in total. The monoisotopic (exact) mass is 357 g/mol. The van der Waals surface area contributed by atoms with Gasteiger partial charge in [0.15, 0.2) is 11.6 Å². The van der Waals surface area contributed by atoms with Crippen molar-refractivity contribution >= 4 is 0 Å². The first-order valence-corrected chi connectivity index (χ1v) is 8.09. The van der Waals surface area contributed by atoms with E-state index in [9.17, 15) is 22.0 Å². The van der Waals surface area contributed by atoms with Crippen molar-refractivity contribution in [2.45, 2.75) is 38.4 Å². The molecule has 0 aliphatic carbocycles. The van der Waals surface area contributed by atoms with Crippen molar-refractivity contribution in [3.63, 3.8) is 0 Å². The van der Waals surface area contributed by atoms with E-state index in [0.717, 1.165) is 12.1 Å². The first kappa shape index (κ1) is 19.4. The first-order chi connectivity index (χ1) is 11.8. The van der Waals surface area contributed by atoms with Gasteiger partial charge < -0.3 is 5.32 Å². The lowest BCUT2D eigenvalue weighted by atomic mass is 10.0. The Hall–Kier alpha value is -1.95. The third-order valence-corrected chi connectivity index (χ3v) is 3.92. The fourth-order valence-electron chi connectivity index (χ4n) is 2.64. The minimum Gasteiger partial charge on any atom is -0.314 e. The number of hydrogen-bond donors (Lipinski definition) is 1. The smallest absolute Gasteiger partial charge is 0.314 e. The van der Waals surface area contributed by atoms with Crippen molar-refractivity contribution < 1.29 is 22.0 Å². The van der Waals surface area contributed by atoms with Crippen LogP contribution in [-0.2, 0) is 19.0 Å². The van der Waals surface area contributed by atoms with Crippen LogP contribution >= 0.6 is 0 Å². The molecule has 0 aliphatic heterocycles. The predicted octanol–water partition coefficient (Wildman–Crippen LogP) is 5.14. The van der Waals surface area contributed by atoms with Crippen LogP contribution in [0.25, 0.3) is 0 Å². The van der Waals surface area contributed by atoms with E-state index in [2.05, 4.69) is 5.32 Å². The summed E-state index contributed by atoms with van der Waals surface area (Å²) in [5.41, 5.74) is 0.700. The minimum absolute atomic E-state index is 0.0476. The van der Waals surface area contributed by atoms with Crippen molar-refractivity contribution in [1.29, 1.82) is 0 Å². The maximum atomic E-state index is 13.2. The molecule has 0 saturated carbocycles. The summed E-state index contributed by atoms with van der Waals surface area (Å²) >= 11 is 0. The lowest BCUT2D eigenvalue weighted by molar-refractivity contribution is -0.137. The Morgan fingerprint density at radius 1 is 0.960 bits per heavy atom. The van der Waals surface area contributed by atoms with Gasteiger partial charge in [0.1, 0.15) is 0 Å². The largest absolute Gasteiger partial charge is 0.416 e. The summed E-state index contributed by atoms with van der Waals surface area (Å²) in [6.07, 6.45) is -2.56. The molecule has 25 heavy (non-hydrogen) atoms. The number of hydrogen-bond acceptors (Lipinski definition) is 1. The standard InChI is InChI=1S/C19H20F5N/c1-13(10-15-7-8-17(20)18(21)12-15)25-9-3-5-14-4-2-6-16(11-14)19(22,23)24/h2,4,6-8,11-13,25H,3,5,9-10H2,1H3. The molecule has 2 aromatic carbocycles. The molecule has 2 rings (SSSR count). The average Bonchev–Trinajstić information content (AvgIpc) is 2.55. The second kappa shape index (κ2) is 8.43. The quantitative estimate of drug-likeness (QED) is 0.535. The molecule has 0 amide bonds. The zero-order valence-corrected chi connectivity index (χ0v) is 13.8. The van der Waals surface area contributed by atoms with Crippen LogP contribution in [-0.4, -0.2) is 12.6 Å². The van der Waals surface area contributed by atoms with Gasteiger partial charge in [0.2, 0.25) is 0 Å². The van der Waals surface area contributed by atoms with Gasteiger partial charge >= 0.3 is 6.18 Å². The normalized spacial score (nSPS) is 13.0. The SMILES string of the molecule is CC(Cc1ccc(F)c(F)c1)NCCCc1cccc(C(F)(F)F)c1. The fraction of sp³-hybridized carbons (Fsp3) is 0.368. The van der Waals surface area contributed by atoms with Gasteiger partial charge in [-0.2, -0.15) is 13.2 Å². The van der Waals surface area contributed by atoms with Crippen molar-refractivity contribution in [3.05, 3.63) is 70.8 Å². The van der Waals surface area contributed by atoms with E-state index in [4.69, 9.17) is 0 Å². The zero-order valence-electron chi connectivity index (χ0n) is 13.8. The van der Waals surface area contributed by atoms with Gasteiger partial charge in [0.05, 0.1) is 5.56 Å². The van der Waals surface area contributed by atoms with Crippen LogP contribution in [0, 0.1) is 11.6 Å². The average molecular weight is 357 g/mol. The molecule has 0 heterocycles. The molecule has 6 heteroatoms. The molecular formula is C19H20F5N. The highest BCUT2D eigenvalue weighted by atomic mass is 19.4. The summed E-state index contributed by atoms with van der Waals surface area (Å²) in [5, 5.41) is 3.24. The number of benzene rings is 2. The maximum Gasteiger partial charge on any atom is 0.416 e. The van der Waals surface area contributed by atoms with E-state index in [1.54, 1.807) is 12.1 Å². The fourth-order valence-corrected chi connectivity index (χ4v) is 2.64. The number of rotatable bonds is 7. The van der Waals surface area contributed by atoms with E-state index in [0.29, 0.717) is 36.9 Å². The molecule has 0 aliphatic rings. The molecule has 2 aromatic rings. The van der Waals surface area contributed by atoms with E-state index in [1.807, 2.05) is 6.92 Å². The summed E-state index contributed by atoms with van der Waals surface area (Å²) in [5.74, 6) is -1.74. The van der Waals surface area contributed by atoms with Gasteiger partial charge in [0, 0.05) is 6.04 Å². The summed E-state index contributed by atoms with van der Waals surface area (Å²) < 4.78 is 64.0. The molecule has 136 valence electrons. The number of halogens is 5. The second-order valence-electron chi connectivity index (χ2n) is 6.11. The topological polar surface area (TPSA) is 12.0 Å². The number of alkyl halides is 3. The Labute approximate surface area is 143 Å². The van der Waals surface area contributed by atoms with E-state index >= 15 is 0 Å². The highest BCUT2D eigenvalue weighted by Gasteiger charge is 2.30. The van der Waals surface area contributed by atoms with Crippen LogP contribution in [0.4, 0.5) is 22.0 Å². The van der Waals surface area contributed by atoms with Gasteiger partial charge in [-0.05, 0) is 62.1 Å². The Morgan fingerprint density at radius 3 is 2.40 bits per heavy atom. The molecule has 0 fully saturated rings. The Morgan fingerprint density at radius 2 is 1.72 bits per heavy atom. The zero-order chi connectivity index (χ0) is 18.4. The molecule has 1 atom stereocenters. The first-order valence-electron chi connectivity index (χ1n) is 8.09. The number of aryl methyl sites for hydroxylation is 1. The highest BCUT2D eigenvalue weighted by Crippen LogP contribution is 2.29. The third kappa shape index (κ3) is 6.12. The summed E-state index contributed by atoms with van der Waals surface area (Å²) in [4.78, 5) is 0. The van der Waals surface area contributed by atoms with Gasteiger partial charge in [-0.25, -0.2) is 8.78 Å². The Kier molecular flexibility index (Phi) is 6.53. The molecule has 0 bridgehead atoms. The predicted molar refractivity (Wildman–Crippen MR) is 87.3 cm³/mol. The summed E-state index contributed by atoms with van der Waals surface area (Å²) in [6.45, 7) is 2.55. The van der Waals surface area contributed by atoms with Crippen LogP contribution < -0.4 is 5.32 Å². The maximum absolute atomic E-state index is 13.2. The van der Waals surface area contributed by atoms with Gasteiger partial charge in [-0.15, -0.1) is 0 Å². The molecular weight excluding hydrogens is 337 g/mol. The third-order valence-electron chi connectivity index (χ3n) is 3.92. The second-order valence-corrected chi connectivity index (χ2v) is 6.11. The van der Waals surface area contributed by atoms with E-state index in [-0.39, 0.29) is 6.04 Å². The van der Waals surface area contributed by atoms with Gasteiger partial charge in [0.25, 0.3) is 0 Å². The van der Waals surface area contributed by atoms with Gasteiger partial charge in [-0.1, -0.05) is 24.3 Å². The van der Waals surface area contributed by atoms with E-state index in [1.165, 1.54) is 18.2 Å². The van der Waals surface area contributed by atoms with Crippen LogP contribution in [0.5, 0.6) is 0 Å².